The van der Waals surface area contributed by atoms with Crippen LogP contribution in [0, 0.1) is 0 Å². The van der Waals surface area contributed by atoms with E-state index in [1.165, 1.54) is 6.33 Å². The number of hydrogen-bond acceptors (Lipinski definition) is 6. The van der Waals surface area contributed by atoms with Gasteiger partial charge >= 0.3 is 0 Å². The summed E-state index contributed by atoms with van der Waals surface area (Å²) in [5.41, 5.74) is 1.78. The maximum Gasteiger partial charge on any atom is 0.216 e. The SMILES string of the molecule is CNC(c1cncc(OC(C)C)c1)c1cc(OC)ncn1. The highest BCUT2D eigenvalue weighted by Crippen LogP contribution is 2.24. The smallest absolute Gasteiger partial charge is 0.216 e. The highest BCUT2D eigenvalue weighted by molar-refractivity contribution is 5.32. The highest BCUT2D eigenvalue weighted by Gasteiger charge is 2.16. The van der Waals surface area contributed by atoms with E-state index in [0.717, 1.165) is 17.0 Å². The number of rotatable bonds is 6. The van der Waals surface area contributed by atoms with Crippen LogP contribution in [0.5, 0.6) is 11.6 Å². The summed E-state index contributed by atoms with van der Waals surface area (Å²) in [6, 6.07) is 3.66. The molecule has 21 heavy (non-hydrogen) atoms. The Morgan fingerprint density at radius 3 is 2.62 bits per heavy atom. The van der Waals surface area contributed by atoms with E-state index >= 15 is 0 Å². The van der Waals surface area contributed by atoms with Gasteiger partial charge in [0.15, 0.2) is 0 Å². The Kier molecular flexibility index (Phi) is 5.05. The van der Waals surface area contributed by atoms with Crippen molar-refractivity contribution in [3.8, 4) is 11.6 Å². The van der Waals surface area contributed by atoms with E-state index in [0.29, 0.717) is 5.88 Å². The number of hydrogen-bond donors (Lipinski definition) is 1. The van der Waals surface area contributed by atoms with Gasteiger partial charge in [-0.3, -0.25) is 4.98 Å². The molecule has 2 rings (SSSR count). The van der Waals surface area contributed by atoms with Crippen molar-refractivity contribution < 1.29 is 9.47 Å². The summed E-state index contributed by atoms with van der Waals surface area (Å²) >= 11 is 0. The maximum absolute atomic E-state index is 5.68. The van der Waals surface area contributed by atoms with Crippen molar-refractivity contribution in [1.82, 2.24) is 20.3 Å². The molecule has 0 saturated carbocycles. The van der Waals surface area contributed by atoms with Crippen LogP contribution in [-0.4, -0.2) is 35.2 Å². The molecule has 1 atom stereocenters. The predicted molar refractivity (Wildman–Crippen MR) is 79.5 cm³/mol. The Labute approximate surface area is 124 Å². The normalized spacial score (nSPS) is 12.2. The van der Waals surface area contributed by atoms with Gasteiger partial charge in [0.2, 0.25) is 5.88 Å². The fourth-order valence-corrected chi connectivity index (χ4v) is 2.04. The van der Waals surface area contributed by atoms with Crippen LogP contribution in [0.4, 0.5) is 0 Å². The number of aromatic nitrogens is 3. The molecule has 6 heteroatoms. The Hall–Kier alpha value is -2.21. The van der Waals surface area contributed by atoms with Gasteiger partial charge in [-0.2, -0.15) is 0 Å². The molecule has 0 saturated heterocycles. The lowest BCUT2D eigenvalue weighted by Gasteiger charge is -2.17. The third-order valence-electron chi connectivity index (χ3n) is 2.90. The molecule has 0 bridgehead atoms. The molecule has 0 fully saturated rings. The van der Waals surface area contributed by atoms with Crippen molar-refractivity contribution >= 4 is 0 Å². The third-order valence-corrected chi connectivity index (χ3v) is 2.90. The molecule has 2 aromatic rings. The Morgan fingerprint density at radius 1 is 1.14 bits per heavy atom. The average Bonchev–Trinajstić information content (AvgIpc) is 2.48. The lowest BCUT2D eigenvalue weighted by Crippen LogP contribution is -2.19. The minimum absolute atomic E-state index is 0.106. The third kappa shape index (κ3) is 3.88. The van der Waals surface area contributed by atoms with Crippen LogP contribution in [-0.2, 0) is 0 Å². The second kappa shape index (κ2) is 6.99. The van der Waals surface area contributed by atoms with E-state index in [2.05, 4.69) is 20.3 Å². The van der Waals surface area contributed by atoms with Crippen molar-refractivity contribution in [2.24, 2.45) is 0 Å². The summed E-state index contributed by atoms with van der Waals surface area (Å²) in [5.74, 6) is 1.27. The van der Waals surface area contributed by atoms with Crippen LogP contribution in [0.25, 0.3) is 0 Å². The summed E-state index contributed by atoms with van der Waals surface area (Å²) in [6.45, 7) is 3.97. The molecule has 1 N–H and O–H groups in total. The van der Waals surface area contributed by atoms with Gasteiger partial charge < -0.3 is 14.8 Å². The predicted octanol–water partition coefficient (Wildman–Crippen LogP) is 1.98. The summed E-state index contributed by atoms with van der Waals surface area (Å²) in [7, 11) is 3.45. The lowest BCUT2D eigenvalue weighted by atomic mass is 10.1. The molecule has 2 heterocycles. The molecule has 2 aromatic heterocycles. The number of pyridine rings is 1. The van der Waals surface area contributed by atoms with Crippen molar-refractivity contribution in [2.75, 3.05) is 14.2 Å². The van der Waals surface area contributed by atoms with Gasteiger partial charge in [0, 0.05) is 12.3 Å². The van der Waals surface area contributed by atoms with Crippen molar-refractivity contribution in [3.05, 3.63) is 42.1 Å². The number of ether oxygens (including phenoxy) is 2. The van der Waals surface area contributed by atoms with Crippen molar-refractivity contribution in [3.63, 3.8) is 0 Å². The second-order valence-corrected chi connectivity index (χ2v) is 4.83. The second-order valence-electron chi connectivity index (χ2n) is 4.83. The van der Waals surface area contributed by atoms with Gasteiger partial charge in [0.25, 0.3) is 0 Å². The molecule has 0 amide bonds. The maximum atomic E-state index is 5.68. The van der Waals surface area contributed by atoms with Crippen LogP contribution in [0.2, 0.25) is 0 Å². The molecular weight excluding hydrogens is 268 g/mol. The molecule has 0 spiro atoms. The molecule has 0 aliphatic carbocycles. The Morgan fingerprint density at radius 2 is 1.95 bits per heavy atom. The van der Waals surface area contributed by atoms with E-state index in [1.54, 1.807) is 25.6 Å². The van der Waals surface area contributed by atoms with Gasteiger partial charge in [0.05, 0.1) is 31.1 Å². The first kappa shape index (κ1) is 15.2. The number of nitrogens with one attached hydrogen (secondary N) is 1. The van der Waals surface area contributed by atoms with Crippen molar-refractivity contribution in [1.29, 1.82) is 0 Å². The highest BCUT2D eigenvalue weighted by atomic mass is 16.5. The largest absolute Gasteiger partial charge is 0.489 e. The first-order chi connectivity index (χ1) is 10.1. The van der Waals surface area contributed by atoms with E-state index in [4.69, 9.17) is 9.47 Å². The average molecular weight is 288 g/mol. The molecule has 0 aliphatic rings. The Bertz CT molecular complexity index is 589. The van der Waals surface area contributed by atoms with E-state index in [1.807, 2.05) is 27.0 Å². The molecular formula is C15H20N4O2. The van der Waals surface area contributed by atoms with Gasteiger partial charge in [-0.15, -0.1) is 0 Å². The zero-order chi connectivity index (χ0) is 15.2. The zero-order valence-electron chi connectivity index (χ0n) is 12.7. The summed E-state index contributed by atoms with van der Waals surface area (Å²) < 4.78 is 10.8. The van der Waals surface area contributed by atoms with Gasteiger partial charge in [-0.1, -0.05) is 0 Å². The van der Waals surface area contributed by atoms with E-state index in [-0.39, 0.29) is 12.1 Å². The lowest BCUT2D eigenvalue weighted by molar-refractivity contribution is 0.241. The summed E-state index contributed by atoms with van der Waals surface area (Å²) in [5, 5.41) is 3.23. The molecule has 112 valence electrons. The topological polar surface area (TPSA) is 69.2 Å². The molecule has 6 nitrogen and oxygen atoms in total. The van der Waals surface area contributed by atoms with Crippen LogP contribution in [0.15, 0.2) is 30.9 Å². The zero-order valence-corrected chi connectivity index (χ0v) is 12.7. The first-order valence-corrected chi connectivity index (χ1v) is 6.78. The van der Waals surface area contributed by atoms with Gasteiger partial charge in [0.1, 0.15) is 12.1 Å². The standard InChI is InChI=1S/C15H20N4O2/c1-10(2)21-12-5-11(7-17-8-12)15(16-3)13-6-14(20-4)19-9-18-13/h5-10,15-16H,1-4H3. The molecule has 0 aliphatic heterocycles. The number of nitrogens with zero attached hydrogens (tertiary/aromatic N) is 3. The summed E-state index contributed by atoms with van der Waals surface area (Å²) in [4.78, 5) is 12.6. The fraction of sp³-hybridized carbons (Fsp3) is 0.400. The van der Waals surface area contributed by atoms with Crippen LogP contribution < -0.4 is 14.8 Å². The Balaban J connectivity index is 2.32. The fourth-order valence-electron chi connectivity index (χ4n) is 2.04. The quantitative estimate of drug-likeness (QED) is 0.876. The van der Waals surface area contributed by atoms with Gasteiger partial charge in [-0.05, 0) is 32.5 Å². The molecule has 0 radical (unpaired) electrons. The minimum atomic E-state index is -0.106. The van der Waals surface area contributed by atoms with E-state index < -0.39 is 0 Å². The van der Waals surface area contributed by atoms with Crippen LogP contribution in [0.3, 0.4) is 0 Å². The van der Waals surface area contributed by atoms with Crippen LogP contribution >= 0.6 is 0 Å². The van der Waals surface area contributed by atoms with Crippen molar-refractivity contribution in [2.45, 2.75) is 26.0 Å². The first-order valence-electron chi connectivity index (χ1n) is 6.78. The molecule has 1 unspecified atom stereocenters. The monoisotopic (exact) mass is 288 g/mol. The van der Waals surface area contributed by atoms with Gasteiger partial charge in [-0.25, -0.2) is 9.97 Å². The van der Waals surface area contributed by atoms with E-state index in [9.17, 15) is 0 Å². The molecule has 0 aromatic carbocycles. The summed E-state index contributed by atoms with van der Waals surface area (Å²) in [6.07, 6.45) is 5.09. The van der Waals surface area contributed by atoms with Crippen LogP contribution in [0.1, 0.15) is 31.1 Å². The number of methoxy groups -OCH3 is 1. The minimum Gasteiger partial charge on any atom is -0.489 e.